The van der Waals surface area contributed by atoms with Gasteiger partial charge in [-0.3, -0.25) is 4.72 Å². The zero-order valence-electron chi connectivity index (χ0n) is 14.8. The number of benzene rings is 3. The first-order valence-electron chi connectivity index (χ1n) is 8.70. The van der Waals surface area contributed by atoms with Crippen molar-refractivity contribution in [2.24, 2.45) is 0 Å². The lowest BCUT2D eigenvalue weighted by atomic mass is 9.99. The third kappa shape index (κ3) is 4.13. The van der Waals surface area contributed by atoms with E-state index in [-0.39, 0.29) is 18.2 Å². The minimum Gasteiger partial charge on any atom is -0.489 e. The van der Waals surface area contributed by atoms with E-state index in [4.69, 9.17) is 16.3 Å². The highest BCUT2D eigenvalue weighted by Crippen LogP contribution is 2.38. The Balaban J connectivity index is 1.58. The van der Waals surface area contributed by atoms with Gasteiger partial charge in [0.05, 0.1) is 11.4 Å². The molecule has 0 aliphatic carbocycles. The molecule has 1 aliphatic heterocycles. The summed E-state index contributed by atoms with van der Waals surface area (Å²) in [5.41, 5.74) is 3.74. The summed E-state index contributed by atoms with van der Waals surface area (Å²) in [5, 5.41) is 0.557. The summed E-state index contributed by atoms with van der Waals surface area (Å²) in [7, 11) is -3.34. The summed E-state index contributed by atoms with van der Waals surface area (Å²) in [6.45, 7) is 0.253. The number of hydrogen-bond acceptors (Lipinski definition) is 3. The molecule has 4 rings (SSSR count). The zero-order valence-corrected chi connectivity index (χ0v) is 16.4. The average Bonchev–Trinajstić information content (AvgIpc) is 2.66. The van der Waals surface area contributed by atoms with Crippen LogP contribution in [0.4, 0.5) is 10.1 Å². The van der Waals surface area contributed by atoms with Gasteiger partial charge in [0.25, 0.3) is 0 Å². The average molecular weight is 418 g/mol. The number of ether oxygens (including phenoxy) is 1. The van der Waals surface area contributed by atoms with Gasteiger partial charge < -0.3 is 4.74 Å². The van der Waals surface area contributed by atoms with Crippen LogP contribution in [0.1, 0.15) is 11.1 Å². The number of aryl methyl sites for hydroxylation is 1. The summed E-state index contributed by atoms with van der Waals surface area (Å²) >= 11 is 6.23. The second kappa shape index (κ2) is 7.45. The van der Waals surface area contributed by atoms with E-state index < -0.39 is 10.0 Å². The van der Waals surface area contributed by atoms with Crippen LogP contribution in [0.15, 0.2) is 60.7 Å². The fourth-order valence-corrected chi connectivity index (χ4v) is 4.57. The molecule has 1 aliphatic rings. The molecule has 0 saturated carbocycles. The number of halogens is 2. The highest BCUT2D eigenvalue weighted by molar-refractivity contribution is 7.92. The Bertz CT molecular complexity index is 1130. The van der Waals surface area contributed by atoms with Crippen LogP contribution < -0.4 is 9.46 Å². The van der Waals surface area contributed by atoms with Gasteiger partial charge >= 0.3 is 0 Å². The van der Waals surface area contributed by atoms with Crippen molar-refractivity contribution in [3.8, 4) is 16.9 Å². The Morgan fingerprint density at radius 1 is 1.07 bits per heavy atom. The summed E-state index contributed by atoms with van der Waals surface area (Å²) in [4.78, 5) is 0. The largest absolute Gasteiger partial charge is 0.489 e. The third-order valence-electron chi connectivity index (χ3n) is 4.54. The van der Waals surface area contributed by atoms with E-state index in [1.54, 1.807) is 36.4 Å². The minimum atomic E-state index is -3.34. The van der Waals surface area contributed by atoms with E-state index in [1.807, 2.05) is 12.1 Å². The maximum atomic E-state index is 13.2. The zero-order chi connectivity index (χ0) is 19.7. The van der Waals surface area contributed by atoms with Gasteiger partial charge in [-0.2, -0.15) is 0 Å². The summed E-state index contributed by atoms with van der Waals surface area (Å²) in [5.74, 6) is 0.376. The van der Waals surface area contributed by atoms with E-state index in [1.165, 1.54) is 12.1 Å². The normalized spacial score (nSPS) is 14.8. The number of anilines is 1. The highest BCUT2D eigenvalue weighted by atomic mass is 35.5. The van der Waals surface area contributed by atoms with Crippen LogP contribution in [-0.4, -0.2) is 14.2 Å². The van der Waals surface area contributed by atoms with E-state index in [9.17, 15) is 12.8 Å². The molecule has 1 heterocycles. The second-order valence-electron chi connectivity index (χ2n) is 6.60. The van der Waals surface area contributed by atoms with Crippen LogP contribution in [0.25, 0.3) is 11.1 Å². The molecule has 0 aromatic heterocycles. The first-order valence-corrected chi connectivity index (χ1v) is 10.7. The highest BCUT2D eigenvalue weighted by Gasteiger charge is 2.23. The van der Waals surface area contributed by atoms with Gasteiger partial charge in [-0.25, -0.2) is 12.8 Å². The van der Waals surface area contributed by atoms with Gasteiger partial charge in [-0.05, 0) is 59.5 Å². The molecule has 28 heavy (non-hydrogen) atoms. The first-order chi connectivity index (χ1) is 13.4. The quantitative estimate of drug-likeness (QED) is 0.648. The molecule has 7 heteroatoms. The minimum absolute atomic E-state index is 0.0483. The Morgan fingerprint density at radius 2 is 1.86 bits per heavy atom. The summed E-state index contributed by atoms with van der Waals surface area (Å²) in [6.07, 6.45) is 0.424. The van der Waals surface area contributed by atoms with Crippen molar-refractivity contribution in [2.75, 3.05) is 10.5 Å². The molecule has 0 bridgehead atoms. The smallest absolute Gasteiger partial charge is 0.233 e. The van der Waals surface area contributed by atoms with E-state index >= 15 is 0 Å². The van der Waals surface area contributed by atoms with Gasteiger partial charge in [-0.1, -0.05) is 35.9 Å². The molecule has 3 aromatic rings. The van der Waals surface area contributed by atoms with Gasteiger partial charge in [-0.15, -0.1) is 0 Å². The van der Waals surface area contributed by atoms with E-state index in [0.29, 0.717) is 22.9 Å². The molecule has 0 radical (unpaired) electrons. The van der Waals surface area contributed by atoms with Crippen LogP contribution in [0, 0.1) is 5.82 Å². The predicted molar refractivity (Wildman–Crippen MR) is 109 cm³/mol. The molecule has 0 fully saturated rings. The van der Waals surface area contributed by atoms with E-state index in [0.717, 1.165) is 22.3 Å². The van der Waals surface area contributed by atoms with Crippen molar-refractivity contribution >= 4 is 27.3 Å². The maximum absolute atomic E-state index is 13.2. The summed E-state index contributed by atoms with van der Waals surface area (Å²) in [6, 6.07) is 17.1. The van der Waals surface area contributed by atoms with Crippen molar-refractivity contribution in [3.05, 3.63) is 82.6 Å². The van der Waals surface area contributed by atoms with Crippen LogP contribution >= 0.6 is 11.6 Å². The lowest BCUT2D eigenvalue weighted by molar-refractivity contribution is 0.305. The molecule has 0 unspecified atom stereocenters. The lowest BCUT2D eigenvalue weighted by Gasteiger charge is -2.22. The number of rotatable bonds is 4. The van der Waals surface area contributed by atoms with Crippen LogP contribution in [0.3, 0.4) is 0 Å². The fourth-order valence-electron chi connectivity index (χ4n) is 3.18. The van der Waals surface area contributed by atoms with Gasteiger partial charge in [0, 0.05) is 10.6 Å². The molecule has 3 aromatic carbocycles. The molecule has 1 N–H and O–H groups in total. The fraction of sp³-hybridized carbons (Fsp3) is 0.143. The maximum Gasteiger partial charge on any atom is 0.233 e. The summed E-state index contributed by atoms with van der Waals surface area (Å²) < 4.78 is 45.6. The molecule has 0 spiro atoms. The molecule has 0 atom stereocenters. The van der Waals surface area contributed by atoms with E-state index in [2.05, 4.69) is 4.72 Å². The third-order valence-corrected chi connectivity index (χ3v) is 6.02. The van der Waals surface area contributed by atoms with Crippen molar-refractivity contribution in [2.45, 2.75) is 13.0 Å². The molecule has 0 amide bonds. The Hall–Kier alpha value is -2.57. The lowest BCUT2D eigenvalue weighted by Crippen LogP contribution is -2.24. The molecule has 4 nitrogen and oxygen atoms in total. The van der Waals surface area contributed by atoms with Gasteiger partial charge in [0.1, 0.15) is 18.2 Å². The topological polar surface area (TPSA) is 55.4 Å². The number of fused-ring (bicyclic) bond motifs is 1. The van der Waals surface area contributed by atoms with Crippen LogP contribution in [-0.2, 0) is 23.1 Å². The SMILES string of the molecule is O=S1(=O)CCc2cc(Cl)cc(-c3ccc(OCc4cccc(F)c4)cc3)c2N1. The van der Waals surface area contributed by atoms with Crippen molar-refractivity contribution in [3.63, 3.8) is 0 Å². The van der Waals surface area contributed by atoms with Crippen LogP contribution in [0.5, 0.6) is 5.75 Å². The number of nitrogens with one attached hydrogen (secondary N) is 1. The molecular weight excluding hydrogens is 401 g/mol. The van der Waals surface area contributed by atoms with Gasteiger partial charge in [0.2, 0.25) is 10.0 Å². The Labute approximate surface area is 168 Å². The van der Waals surface area contributed by atoms with Crippen LogP contribution in [0.2, 0.25) is 5.02 Å². The Morgan fingerprint density at radius 3 is 2.61 bits per heavy atom. The second-order valence-corrected chi connectivity index (χ2v) is 8.88. The van der Waals surface area contributed by atoms with Crippen molar-refractivity contribution in [1.82, 2.24) is 0 Å². The molecule has 144 valence electrons. The Kier molecular flexibility index (Phi) is 5.00. The number of sulfonamides is 1. The predicted octanol–water partition coefficient (Wildman–Crippen LogP) is 5.02. The van der Waals surface area contributed by atoms with Crippen molar-refractivity contribution in [1.29, 1.82) is 0 Å². The molecule has 0 saturated heterocycles. The van der Waals surface area contributed by atoms with Gasteiger partial charge in [0.15, 0.2) is 0 Å². The monoisotopic (exact) mass is 417 g/mol. The number of hydrogen-bond donors (Lipinski definition) is 1. The first kappa shape index (κ1) is 18.8. The standard InChI is InChI=1S/C21H17ClFNO3S/c22-17-11-16-8-9-28(25,26)24-21(16)20(12-17)15-4-6-19(7-5-15)27-13-14-2-1-3-18(23)10-14/h1-7,10-12,24H,8-9,13H2. The van der Waals surface area contributed by atoms with Crippen molar-refractivity contribution < 1.29 is 17.5 Å². The molecular formula is C21H17ClFNO3S.